The quantitative estimate of drug-likeness (QED) is 0.803. The molecule has 1 fully saturated rings. The van der Waals surface area contributed by atoms with Gasteiger partial charge in [0.15, 0.2) is 0 Å². The lowest BCUT2D eigenvalue weighted by Crippen LogP contribution is -2.56. The number of aromatic nitrogens is 1. The molecule has 1 amide bonds. The number of rotatable bonds is 2. The highest BCUT2D eigenvalue weighted by Crippen LogP contribution is 2.30. The SMILES string of the molecule is NC1(C(=O)Nc2ccc(Cl)cn2)CCC1. The zero-order chi connectivity index (χ0) is 10.9. The van der Waals surface area contributed by atoms with Gasteiger partial charge in [-0.1, -0.05) is 11.6 Å². The number of amides is 1. The van der Waals surface area contributed by atoms with E-state index in [-0.39, 0.29) is 5.91 Å². The number of hydrogen-bond donors (Lipinski definition) is 2. The lowest BCUT2D eigenvalue weighted by Gasteiger charge is -2.35. The van der Waals surface area contributed by atoms with Crippen molar-refractivity contribution >= 4 is 23.3 Å². The number of pyridine rings is 1. The molecule has 0 unspecified atom stereocenters. The van der Waals surface area contributed by atoms with Crippen molar-refractivity contribution < 1.29 is 4.79 Å². The van der Waals surface area contributed by atoms with Crippen LogP contribution in [0.25, 0.3) is 0 Å². The summed E-state index contributed by atoms with van der Waals surface area (Å²) in [4.78, 5) is 15.7. The van der Waals surface area contributed by atoms with E-state index >= 15 is 0 Å². The molecule has 1 heterocycles. The number of halogens is 1. The molecule has 0 aromatic carbocycles. The molecule has 5 heteroatoms. The van der Waals surface area contributed by atoms with Crippen LogP contribution in [0.2, 0.25) is 5.02 Å². The molecule has 0 saturated heterocycles. The second-order valence-electron chi connectivity index (χ2n) is 3.83. The van der Waals surface area contributed by atoms with Gasteiger partial charge in [0.05, 0.1) is 10.6 Å². The van der Waals surface area contributed by atoms with Crippen LogP contribution in [0.15, 0.2) is 18.3 Å². The average molecular weight is 226 g/mol. The molecule has 1 saturated carbocycles. The van der Waals surface area contributed by atoms with Crippen LogP contribution in [0, 0.1) is 0 Å². The number of hydrogen-bond acceptors (Lipinski definition) is 3. The Bertz CT molecular complexity index is 373. The molecule has 0 radical (unpaired) electrons. The third-order valence-corrected chi connectivity index (χ3v) is 2.89. The second kappa shape index (κ2) is 3.79. The van der Waals surface area contributed by atoms with Crippen molar-refractivity contribution in [3.63, 3.8) is 0 Å². The Labute approximate surface area is 92.8 Å². The highest BCUT2D eigenvalue weighted by molar-refractivity contribution is 6.30. The molecule has 0 spiro atoms. The Kier molecular flexibility index (Phi) is 2.63. The van der Waals surface area contributed by atoms with Crippen molar-refractivity contribution in [3.05, 3.63) is 23.4 Å². The molecule has 1 aliphatic rings. The summed E-state index contributed by atoms with van der Waals surface area (Å²) >= 11 is 5.68. The minimum atomic E-state index is -0.693. The molecule has 0 atom stereocenters. The van der Waals surface area contributed by atoms with Gasteiger partial charge in [0.25, 0.3) is 0 Å². The van der Waals surface area contributed by atoms with Crippen LogP contribution < -0.4 is 11.1 Å². The molecule has 80 valence electrons. The summed E-state index contributed by atoms with van der Waals surface area (Å²) in [6.07, 6.45) is 3.98. The zero-order valence-electron chi connectivity index (χ0n) is 8.16. The van der Waals surface area contributed by atoms with E-state index in [1.165, 1.54) is 6.20 Å². The van der Waals surface area contributed by atoms with E-state index in [4.69, 9.17) is 17.3 Å². The molecule has 1 aromatic rings. The lowest BCUT2D eigenvalue weighted by molar-refractivity contribution is -0.123. The molecule has 2 rings (SSSR count). The largest absolute Gasteiger partial charge is 0.317 e. The highest BCUT2D eigenvalue weighted by atomic mass is 35.5. The number of carbonyl (C=O) groups is 1. The molecular formula is C10H12ClN3O. The van der Waals surface area contributed by atoms with E-state index in [1.807, 2.05) is 0 Å². The lowest BCUT2D eigenvalue weighted by atomic mass is 9.77. The zero-order valence-corrected chi connectivity index (χ0v) is 8.92. The topological polar surface area (TPSA) is 68.0 Å². The summed E-state index contributed by atoms with van der Waals surface area (Å²) in [6, 6.07) is 3.33. The van der Waals surface area contributed by atoms with Gasteiger partial charge in [0.2, 0.25) is 5.91 Å². The van der Waals surface area contributed by atoms with E-state index < -0.39 is 5.54 Å². The summed E-state index contributed by atoms with van der Waals surface area (Å²) in [6.45, 7) is 0. The summed E-state index contributed by atoms with van der Waals surface area (Å²) in [7, 11) is 0. The van der Waals surface area contributed by atoms with E-state index in [0.717, 1.165) is 19.3 Å². The maximum absolute atomic E-state index is 11.7. The van der Waals surface area contributed by atoms with E-state index in [1.54, 1.807) is 12.1 Å². The van der Waals surface area contributed by atoms with Crippen molar-refractivity contribution in [3.8, 4) is 0 Å². The van der Waals surface area contributed by atoms with Gasteiger partial charge in [0.1, 0.15) is 5.82 Å². The summed E-state index contributed by atoms with van der Waals surface area (Å²) in [5.41, 5.74) is 5.17. The normalized spacial score (nSPS) is 18.0. The minimum absolute atomic E-state index is 0.163. The standard InChI is InChI=1S/C10H12ClN3O/c11-7-2-3-8(13-6-7)14-9(15)10(12)4-1-5-10/h2-3,6H,1,4-5,12H2,(H,13,14,15). The van der Waals surface area contributed by atoms with Crippen molar-refractivity contribution in [2.75, 3.05) is 5.32 Å². The summed E-state index contributed by atoms with van der Waals surface area (Å²) in [5.74, 6) is 0.324. The molecule has 4 nitrogen and oxygen atoms in total. The Morgan fingerprint density at radius 3 is 2.73 bits per heavy atom. The minimum Gasteiger partial charge on any atom is -0.317 e. The smallest absolute Gasteiger partial charge is 0.245 e. The fourth-order valence-corrected chi connectivity index (χ4v) is 1.59. The molecule has 1 aliphatic carbocycles. The van der Waals surface area contributed by atoms with Gasteiger partial charge in [-0.05, 0) is 31.4 Å². The van der Waals surface area contributed by atoms with Gasteiger partial charge in [-0.2, -0.15) is 0 Å². The first kappa shape index (κ1) is 10.4. The molecule has 15 heavy (non-hydrogen) atoms. The number of nitrogens with zero attached hydrogens (tertiary/aromatic N) is 1. The Morgan fingerprint density at radius 1 is 1.53 bits per heavy atom. The third-order valence-electron chi connectivity index (χ3n) is 2.67. The van der Waals surface area contributed by atoms with Crippen molar-refractivity contribution in [1.82, 2.24) is 4.98 Å². The first-order chi connectivity index (χ1) is 7.10. The first-order valence-electron chi connectivity index (χ1n) is 4.82. The van der Waals surface area contributed by atoms with E-state index in [9.17, 15) is 4.79 Å². The maximum atomic E-state index is 11.7. The van der Waals surface area contributed by atoms with Gasteiger partial charge >= 0.3 is 0 Å². The van der Waals surface area contributed by atoms with E-state index in [2.05, 4.69) is 10.3 Å². The van der Waals surface area contributed by atoms with Gasteiger partial charge in [-0.3, -0.25) is 4.79 Å². The van der Waals surface area contributed by atoms with Gasteiger partial charge in [-0.25, -0.2) is 4.98 Å². The van der Waals surface area contributed by atoms with Crippen LogP contribution in [0.4, 0.5) is 5.82 Å². The van der Waals surface area contributed by atoms with Crippen LogP contribution in [0.5, 0.6) is 0 Å². The second-order valence-corrected chi connectivity index (χ2v) is 4.26. The summed E-state index contributed by atoms with van der Waals surface area (Å²) < 4.78 is 0. The van der Waals surface area contributed by atoms with Crippen LogP contribution in [-0.4, -0.2) is 16.4 Å². The Balaban J connectivity index is 2.02. The van der Waals surface area contributed by atoms with Crippen molar-refractivity contribution in [2.45, 2.75) is 24.8 Å². The monoisotopic (exact) mass is 225 g/mol. The van der Waals surface area contributed by atoms with Crippen LogP contribution in [0.1, 0.15) is 19.3 Å². The third kappa shape index (κ3) is 2.11. The van der Waals surface area contributed by atoms with Gasteiger partial charge in [-0.15, -0.1) is 0 Å². The van der Waals surface area contributed by atoms with E-state index in [0.29, 0.717) is 10.8 Å². The number of anilines is 1. The Morgan fingerprint density at radius 2 is 2.27 bits per heavy atom. The molecule has 3 N–H and O–H groups in total. The fraction of sp³-hybridized carbons (Fsp3) is 0.400. The first-order valence-corrected chi connectivity index (χ1v) is 5.20. The number of nitrogens with one attached hydrogen (secondary N) is 1. The summed E-state index contributed by atoms with van der Waals surface area (Å²) in [5, 5.41) is 3.22. The van der Waals surface area contributed by atoms with Crippen LogP contribution in [-0.2, 0) is 4.79 Å². The number of carbonyl (C=O) groups excluding carboxylic acids is 1. The average Bonchev–Trinajstić information content (AvgIpc) is 2.18. The maximum Gasteiger partial charge on any atom is 0.245 e. The van der Waals surface area contributed by atoms with Crippen LogP contribution >= 0.6 is 11.6 Å². The van der Waals surface area contributed by atoms with Gasteiger partial charge in [0, 0.05) is 6.20 Å². The van der Waals surface area contributed by atoms with Crippen molar-refractivity contribution in [2.24, 2.45) is 5.73 Å². The van der Waals surface area contributed by atoms with Crippen molar-refractivity contribution in [1.29, 1.82) is 0 Å². The van der Waals surface area contributed by atoms with Crippen LogP contribution in [0.3, 0.4) is 0 Å². The predicted octanol–water partition coefficient (Wildman–Crippen LogP) is 1.55. The Hall–Kier alpha value is -1.13. The molecule has 1 aromatic heterocycles. The predicted molar refractivity (Wildman–Crippen MR) is 58.6 cm³/mol. The fourth-order valence-electron chi connectivity index (χ4n) is 1.48. The highest BCUT2D eigenvalue weighted by Gasteiger charge is 2.40. The molecular weight excluding hydrogens is 214 g/mol. The molecule has 0 aliphatic heterocycles. The molecule has 0 bridgehead atoms. The number of nitrogens with two attached hydrogens (primary N) is 1. The van der Waals surface area contributed by atoms with Gasteiger partial charge < -0.3 is 11.1 Å².